The van der Waals surface area contributed by atoms with E-state index in [-0.39, 0.29) is 0 Å². The lowest BCUT2D eigenvalue weighted by atomic mass is 10.0. The van der Waals surface area contributed by atoms with Gasteiger partial charge in [0.15, 0.2) is 0 Å². The molecule has 1 aliphatic rings. The summed E-state index contributed by atoms with van der Waals surface area (Å²) < 4.78 is 5.26. The number of hydrogen-bond acceptors (Lipinski definition) is 2. The number of ether oxygens (including phenoxy) is 1. The highest BCUT2D eigenvalue weighted by Crippen LogP contribution is 2.28. The van der Waals surface area contributed by atoms with Crippen molar-refractivity contribution in [1.29, 1.82) is 0 Å². The van der Waals surface area contributed by atoms with Gasteiger partial charge in [0.25, 0.3) is 0 Å². The third-order valence-electron chi connectivity index (χ3n) is 3.61. The summed E-state index contributed by atoms with van der Waals surface area (Å²) >= 11 is 6.39. The van der Waals surface area contributed by atoms with E-state index in [1.54, 1.807) is 7.11 Å². The Kier molecular flexibility index (Phi) is 3.95. The highest BCUT2D eigenvalue weighted by Gasteiger charge is 2.20. The molecule has 1 N–H and O–H groups in total. The second-order valence-electron chi connectivity index (χ2n) is 5.19. The Morgan fingerprint density at radius 3 is 2.65 bits per heavy atom. The predicted octanol–water partition coefficient (Wildman–Crippen LogP) is 4.27. The third kappa shape index (κ3) is 3.14. The van der Waals surface area contributed by atoms with Gasteiger partial charge in [-0.25, -0.2) is 0 Å². The first kappa shape index (κ1) is 13.5. The van der Waals surface area contributed by atoms with Gasteiger partial charge in [0.2, 0.25) is 0 Å². The van der Waals surface area contributed by atoms with Crippen LogP contribution in [0.3, 0.4) is 0 Å². The van der Waals surface area contributed by atoms with Crippen molar-refractivity contribution in [3.05, 3.63) is 53.1 Å². The minimum Gasteiger partial charge on any atom is -0.497 e. The van der Waals surface area contributed by atoms with Gasteiger partial charge in [-0.1, -0.05) is 35.9 Å². The topological polar surface area (TPSA) is 21.3 Å². The predicted molar refractivity (Wildman–Crippen MR) is 83.3 cm³/mol. The highest BCUT2D eigenvalue weighted by atomic mass is 35.5. The smallest absolute Gasteiger partial charge is 0.119 e. The van der Waals surface area contributed by atoms with Crippen molar-refractivity contribution in [1.82, 2.24) is 5.32 Å². The van der Waals surface area contributed by atoms with E-state index >= 15 is 0 Å². The van der Waals surface area contributed by atoms with Crippen LogP contribution in [0, 0.1) is 0 Å². The molecule has 0 amide bonds. The van der Waals surface area contributed by atoms with Crippen LogP contribution in [0.2, 0.25) is 5.02 Å². The zero-order valence-corrected chi connectivity index (χ0v) is 12.3. The van der Waals surface area contributed by atoms with Gasteiger partial charge in [-0.15, -0.1) is 0 Å². The number of rotatable bonds is 5. The molecule has 1 aliphatic carbocycles. The molecule has 0 aromatic heterocycles. The molecule has 0 spiro atoms. The second kappa shape index (κ2) is 5.86. The third-order valence-corrected chi connectivity index (χ3v) is 3.97. The number of benzene rings is 2. The lowest BCUT2D eigenvalue weighted by Crippen LogP contribution is -2.15. The van der Waals surface area contributed by atoms with Crippen molar-refractivity contribution in [2.45, 2.75) is 25.4 Å². The van der Waals surface area contributed by atoms with Gasteiger partial charge in [-0.05, 0) is 47.7 Å². The maximum atomic E-state index is 6.39. The molecule has 1 saturated carbocycles. The SMILES string of the molecule is COc1cccc(-c2ccc(CNC3CC3)c(Cl)c2)c1. The summed E-state index contributed by atoms with van der Waals surface area (Å²) in [5.41, 5.74) is 3.39. The van der Waals surface area contributed by atoms with Gasteiger partial charge in [0.1, 0.15) is 5.75 Å². The molecule has 3 heteroatoms. The summed E-state index contributed by atoms with van der Waals surface area (Å²) in [6.45, 7) is 0.849. The molecule has 0 heterocycles. The zero-order chi connectivity index (χ0) is 13.9. The lowest BCUT2D eigenvalue weighted by molar-refractivity contribution is 0.415. The number of halogens is 1. The lowest BCUT2D eigenvalue weighted by Gasteiger charge is -2.09. The molecule has 20 heavy (non-hydrogen) atoms. The molecule has 0 unspecified atom stereocenters. The molecule has 0 saturated heterocycles. The minimum atomic E-state index is 0.698. The Morgan fingerprint density at radius 1 is 1.15 bits per heavy atom. The Bertz CT molecular complexity index is 608. The fourth-order valence-electron chi connectivity index (χ4n) is 2.21. The van der Waals surface area contributed by atoms with Crippen molar-refractivity contribution in [2.24, 2.45) is 0 Å². The van der Waals surface area contributed by atoms with Crippen molar-refractivity contribution < 1.29 is 4.74 Å². The van der Waals surface area contributed by atoms with Crippen LogP contribution in [-0.4, -0.2) is 13.2 Å². The van der Waals surface area contributed by atoms with Gasteiger partial charge in [0, 0.05) is 17.6 Å². The summed E-state index contributed by atoms with van der Waals surface area (Å²) in [7, 11) is 1.68. The maximum absolute atomic E-state index is 6.39. The Labute approximate surface area is 124 Å². The van der Waals surface area contributed by atoms with E-state index in [1.807, 2.05) is 24.3 Å². The molecule has 2 nitrogen and oxygen atoms in total. The Morgan fingerprint density at radius 2 is 1.95 bits per heavy atom. The van der Waals surface area contributed by atoms with E-state index in [1.165, 1.54) is 12.8 Å². The molecular formula is C17H18ClNO. The van der Waals surface area contributed by atoms with Crippen LogP contribution in [0.5, 0.6) is 5.75 Å². The van der Waals surface area contributed by atoms with Crippen LogP contribution in [0.1, 0.15) is 18.4 Å². The molecule has 0 aliphatic heterocycles. The van der Waals surface area contributed by atoms with Crippen LogP contribution in [0.15, 0.2) is 42.5 Å². The van der Waals surface area contributed by atoms with Gasteiger partial charge in [-0.3, -0.25) is 0 Å². The Balaban J connectivity index is 1.80. The maximum Gasteiger partial charge on any atom is 0.119 e. The van der Waals surface area contributed by atoms with E-state index in [0.29, 0.717) is 6.04 Å². The molecule has 0 atom stereocenters. The van der Waals surface area contributed by atoms with Gasteiger partial charge in [0.05, 0.1) is 7.11 Å². The van der Waals surface area contributed by atoms with E-state index in [2.05, 4.69) is 23.5 Å². The number of methoxy groups -OCH3 is 1. The molecule has 0 radical (unpaired) electrons. The van der Waals surface area contributed by atoms with Crippen molar-refractivity contribution in [2.75, 3.05) is 7.11 Å². The van der Waals surface area contributed by atoms with E-state index in [0.717, 1.165) is 34.0 Å². The Hall–Kier alpha value is -1.51. The largest absolute Gasteiger partial charge is 0.497 e. The van der Waals surface area contributed by atoms with Crippen LogP contribution in [0.25, 0.3) is 11.1 Å². The van der Waals surface area contributed by atoms with Crippen LogP contribution in [-0.2, 0) is 6.54 Å². The van der Waals surface area contributed by atoms with Crippen LogP contribution in [0.4, 0.5) is 0 Å². The standard InChI is InChI=1S/C17H18ClNO/c1-20-16-4-2-3-12(9-16)13-5-6-14(17(18)10-13)11-19-15-7-8-15/h2-6,9-10,15,19H,7-8,11H2,1H3. The first-order chi connectivity index (χ1) is 9.76. The summed E-state index contributed by atoms with van der Waals surface area (Å²) in [6.07, 6.45) is 2.58. The summed E-state index contributed by atoms with van der Waals surface area (Å²) in [5, 5.41) is 4.30. The fraction of sp³-hybridized carbons (Fsp3) is 0.294. The van der Waals surface area contributed by atoms with E-state index in [4.69, 9.17) is 16.3 Å². The normalized spacial score (nSPS) is 14.3. The number of nitrogens with one attached hydrogen (secondary N) is 1. The van der Waals surface area contributed by atoms with Crippen molar-refractivity contribution in [3.8, 4) is 16.9 Å². The quantitative estimate of drug-likeness (QED) is 0.887. The summed E-state index contributed by atoms with van der Waals surface area (Å²) in [4.78, 5) is 0. The highest BCUT2D eigenvalue weighted by molar-refractivity contribution is 6.31. The monoisotopic (exact) mass is 287 g/mol. The van der Waals surface area contributed by atoms with Gasteiger partial charge < -0.3 is 10.1 Å². The minimum absolute atomic E-state index is 0.698. The van der Waals surface area contributed by atoms with Crippen LogP contribution >= 0.6 is 11.6 Å². The zero-order valence-electron chi connectivity index (χ0n) is 11.5. The molecule has 3 rings (SSSR count). The fourth-order valence-corrected chi connectivity index (χ4v) is 2.46. The van der Waals surface area contributed by atoms with Crippen LogP contribution < -0.4 is 10.1 Å². The second-order valence-corrected chi connectivity index (χ2v) is 5.60. The first-order valence-corrected chi connectivity index (χ1v) is 7.30. The average Bonchev–Trinajstić information content (AvgIpc) is 3.30. The van der Waals surface area contributed by atoms with Gasteiger partial charge >= 0.3 is 0 Å². The first-order valence-electron chi connectivity index (χ1n) is 6.92. The molecule has 104 valence electrons. The molecule has 1 fully saturated rings. The molecule has 0 bridgehead atoms. The van der Waals surface area contributed by atoms with E-state index in [9.17, 15) is 0 Å². The molecular weight excluding hydrogens is 270 g/mol. The van der Waals surface area contributed by atoms with Crippen molar-refractivity contribution in [3.63, 3.8) is 0 Å². The average molecular weight is 288 g/mol. The molecule has 2 aromatic rings. The number of hydrogen-bond donors (Lipinski definition) is 1. The summed E-state index contributed by atoms with van der Waals surface area (Å²) in [5.74, 6) is 0.859. The molecule has 2 aromatic carbocycles. The summed E-state index contributed by atoms with van der Waals surface area (Å²) in [6, 6.07) is 15.0. The van der Waals surface area contributed by atoms with Gasteiger partial charge in [-0.2, -0.15) is 0 Å². The van der Waals surface area contributed by atoms with Crippen molar-refractivity contribution >= 4 is 11.6 Å². The van der Waals surface area contributed by atoms with E-state index < -0.39 is 0 Å².